The zero-order valence-corrected chi connectivity index (χ0v) is 9.32. The molecule has 14 heavy (non-hydrogen) atoms. The quantitative estimate of drug-likeness (QED) is 0.512. The van der Waals surface area contributed by atoms with E-state index in [0.29, 0.717) is 18.4 Å². The van der Waals surface area contributed by atoms with Crippen LogP contribution in [0.4, 0.5) is 0 Å². The van der Waals surface area contributed by atoms with Crippen LogP contribution in [0.3, 0.4) is 0 Å². The van der Waals surface area contributed by atoms with Crippen LogP contribution in [0.25, 0.3) is 0 Å². The standard InChI is InChI=1S/C12H20O2/c1-4-7-9-8-14-12(13)11(6-3)10(9)5-2/h4,7,9-11H,5-6,8H2,1-3H3/b7-4+. The van der Waals surface area contributed by atoms with Gasteiger partial charge in [0, 0.05) is 5.92 Å². The lowest BCUT2D eigenvalue weighted by Crippen LogP contribution is -2.38. The lowest BCUT2D eigenvalue weighted by atomic mass is 9.77. The van der Waals surface area contributed by atoms with E-state index >= 15 is 0 Å². The fourth-order valence-electron chi connectivity index (χ4n) is 2.38. The van der Waals surface area contributed by atoms with Crippen LogP contribution in [0.15, 0.2) is 12.2 Å². The van der Waals surface area contributed by atoms with Crippen LogP contribution >= 0.6 is 0 Å². The van der Waals surface area contributed by atoms with E-state index in [9.17, 15) is 4.79 Å². The molecule has 1 saturated heterocycles. The molecule has 80 valence electrons. The number of ether oxygens (including phenoxy) is 1. The van der Waals surface area contributed by atoms with Crippen molar-refractivity contribution in [3.05, 3.63) is 12.2 Å². The van der Waals surface area contributed by atoms with Gasteiger partial charge in [-0.25, -0.2) is 0 Å². The fraction of sp³-hybridized carbons (Fsp3) is 0.750. The van der Waals surface area contributed by atoms with Gasteiger partial charge in [-0.2, -0.15) is 0 Å². The Morgan fingerprint density at radius 2 is 2.14 bits per heavy atom. The second-order valence-electron chi connectivity index (χ2n) is 3.91. The third kappa shape index (κ3) is 2.17. The molecule has 0 aromatic carbocycles. The monoisotopic (exact) mass is 196 g/mol. The van der Waals surface area contributed by atoms with Gasteiger partial charge in [-0.3, -0.25) is 4.79 Å². The van der Waals surface area contributed by atoms with Crippen LogP contribution in [0.1, 0.15) is 33.6 Å². The van der Waals surface area contributed by atoms with Gasteiger partial charge in [0.1, 0.15) is 0 Å². The van der Waals surface area contributed by atoms with Gasteiger partial charge in [0.15, 0.2) is 0 Å². The van der Waals surface area contributed by atoms with Crippen LogP contribution in [0.2, 0.25) is 0 Å². The number of allylic oxidation sites excluding steroid dienone is 1. The zero-order valence-electron chi connectivity index (χ0n) is 9.32. The molecule has 0 aromatic heterocycles. The topological polar surface area (TPSA) is 26.3 Å². The van der Waals surface area contributed by atoms with Crippen molar-refractivity contribution in [1.29, 1.82) is 0 Å². The molecular formula is C12H20O2. The summed E-state index contributed by atoms with van der Waals surface area (Å²) in [6.07, 6.45) is 6.18. The Bertz CT molecular complexity index is 220. The molecule has 0 aromatic rings. The molecule has 0 amide bonds. The minimum Gasteiger partial charge on any atom is -0.465 e. The third-order valence-corrected chi connectivity index (χ3v) is 3.14. The molecule has 3 unspecified atom stereocenters. The van der Waals surface area contributed by atoms with Crippen molar-refractivity contribution >= 4 is 5.97 Å². The van der Waals surface area contributed by atoms with Crippen molar-refractivity contribution in [2.45, 2.75) is 33.6 Å². The van der Waals surface area contributed by atoms with Gasteiger partial charge in [0.25, 0.3) is 0 Å². The highest BCUT2D eigenvalue weighted by Crippen LogP contribution is 2.33. The predicted molar refractivity (Wildman–Crippen MR) is 56.8 cm³/mol. The van der Waals surface area contributed by atoms with Crippen LogP contribution in [0, 0.1) is 17.8 Å². The fourth-order valence-corrected chi connectivity index (χ4v) is 2.38. The Morgan fingerprint density at radius 1 is 1.43 bits per heavy atom. The molecule has 0 saturated carbocycles. The van der Waals surface area contributed by atoms with Gasteiger partial charge in [-0.15, -0.1) is 0 Å². The maximum absolute atomic E-state index is 11.5. The molecule has 1 aliphatic rings. The summed E-state index contributed by atoms with van der Waals surface area (Å²) in [4.78, 5) is 11.5. The Morgan fingerprint density at radius 3 is 2.64 bits per heavy atom. The molecule has 1 heterocycles. The average Bonchev–Trinajstić information content (AvgIpc) is 2.20. The van der Waals surface area contributed by atoms with Crippen molar-refractivity contribution in [2.24, 2.45) is 17.8 Å². The Balaban J connectivity index is 2.76. The van der Waals surface area contributed by atoms with Crippen LogP contribution in [-0.2, 0) is 9.53 Å². The number of cyclic esters (lactones) is 1. The summed E-state index contributed by atoms with van der Waals surface area (Å²) in [5.41, 5.74) is 0. The first-order valence-electron chi connectivity index (χ1n) is 5.54. The molecule has 2 nitrogen and oxygen atoms in total. The normalized spacial score (nSPS) is 33.4. The number of hydrogen-bond acceptors (Lipinski definition) is 2. The third-order valence-electron chi connectivity index (χ3n) is 3.14. The van der Waals surface area contributed by atoms with Crippen LogP contribution in [-0.4, -0.2) is 12.6 Å². The van der Waals surface area contributed by atoms with E-state index < -0.39 is 0 Å². The molecule has 3 atom stereocenters. The number of hydrogen-bond donors (Lipinski definition) is 0. The van der Waals surface area contributed by atoms with E-state index in [4.69, 9.17) is 4.74 Å². The lowest BCUT2D eigenvalue weighted by molar-refractivity contribution is -0.159. The van der Waals surface area contributed by atoms with E-state index in [0.717, 1.165) is 12.8 Å². The summed E-state index contributed by atoms with van der Waals surface area (Å²) in [6, 6.07) is 0. The molecule has 1 aliphatic heterocycles. The predicted octanol–water partition coefficient (Wildman–Crippen LogP) is 2.79. The largest absolute Gasteiger partial charge is 0.465 e. The van der Waals surface area contributed by atoms with Gasteiger partial charge in [-0.1, -0.05) is 32.4 Å². The van der Waals surface area contributed by atoms with Gasteiger partial charge >= 0.3 is 5.97 Å². The van der Waals surface area contributed by atoms with Crippen molar-refractivity contribution in [2.75, 3.05) is 6.61 Å². The number of carbonyl (C=O) groups excluding carboxylic acids is 1. The van der Waals surface area contributed by atoms with Crippen molar-refractivity contribution in [3.8, 4) is 0 Å². The molecule has 0 bridgehead atoms. The number of rotatable bonds is 3. The summed E-state index contributed by atoms with van der Waals surface area (Å²) >= 11 is 0. The van der Waals surface area contributed by atoms with Crippen molar-refractivity contribution < 1.29 is 9.53 Å². The highest BCUT2D eigenvalue weighted by molar-refractivity contribution is 5.73. The second-order valence-corrected chi connectivity index (χ2v) is 3.91. The first kappa shape index (κ1) is 11.3. The Kier molecular flexibility index (Phi) is 4.18. The van der Waals surface area contributed by atoms with E-state index in [1.54, 1.807) is 0 Å². The number of esters is 1. The van der Waals surface area contributed by atoms with E-state index in [1.807, 2.05) is 6.92 Å². The first-order valence-corrected chi connectivity index (χ1v) is 5.54. The Hall–Kier alpha value is -0.790. The molecule has 0 spiro atoms. The highest BCUT2D eigenvalue weighted by Gasteiger charge is 2.36. The molecule has 1 rings (SSSR count). The van der Waals surface area contributed by atoms with Crippen LogP contribution in [0.5, 0.6) is 0 Å². The molecule has 2 heteroatoms. The minimum absolute atomic E-state index is 0.0000954. The minimum atomic E-state index is 0.0000954. The SMILES string of the molecule is C/C=C/C1COC(=O)C(CC)C1CC. The summed E-state index contributed by atoms with van der Waals surface area (Å²) in [7, 11) is 0. The van der Waals surface area contributed by atoms with Gasteiger partial charge < -0.3 is 4.74 Å². The maximum atomic E-state index is 11.5. The summed E-state index contributed by atoms with van der Waals surface area (Å²) in [5.74, 6) is 1.00. The van der Waals surface area contributed by atoms with E-state index in [1.165, 1.54) is 0 Å². The smallest absolute Gasteiger partial charge is 0.309 e. The molecule has 0 N–H and O–H groups in total. The summed E-state index contributed by atoms with van der Waals surface area (Å²) < 4.78 is 5.19. The first-order chi connectivity index (χ1) is 6.74. The van der Waals surface area contributed by atoms with Gasteiger partial charge in [0.2, 0.25) is 0 Å². The molecular weight excluding hydrogens is 176 g/mol. The van der Waals surface area contributed by atoms with E-state index in [-0.39, 0.29) is 11.9 Å². The zero-order chi connectivity index (χ0) is 10.6. The molecule has 1 fully saturated rings. The lowest BCUT2D eigenvalue weighted by Gasteiger charge is -2.34. The number of carbonyl (C=O) groups is 1. The Labute approximate surface area is 86.3 Å². The van der Waals surface area contributed by atoms with Crippen molar-refractivity contribution in [1.82, 2.24) is 0 Å². The van der Waals surface area contributed by atoms with Crippen LogP contribution < -0.4 is 0 Å². The molecule has 0 aliphatic carbocycles. The van der Waals surface area contributed by atoms with Gasteiger partial charge in [0.05, 0.1) is 12.5 Å². The van der Waals surface area contributed by atoms with Crippen molar-refractivity contribution in [3.63, 3.8) is 0 Å². The highest BCUT2D eigenvalue weighted by atomic mass is 16.5. The van der Waals surface area contributed by atoms with Gasteiger partial charge in [-0.05, 0) is 19.3 Å². The average molecular weight is 196 g/mol. The summed E-state index contributed by atoms with van der Waals surface area (Å²) in [5, 5.41) is 0. The maximum Gasteiger partial charge on any atom is 0.309 e. The van der Waals surface area contributed by atoms with E-state index in [2.05, 4.69) is 26.0 Å². The molecule has 0 radical (unpaired) electrons. The second kappa shape index (κ2) is 5.18. The summed E-state index contributed by atoms with van der Waals surface area (Å²) in [6.45, 7) is 6.80.